The second kappa shape index (κ2) is 7.00. The molecule has 0 aliphatic rings. The van der Waals surface area contributed by atoms with E-state index >= 15 is 0 Å². The first-order chi connectivity index (χ1) is 10.7. The maximum Gasteiger partial charge on any atom is 0.212 e. The summed E-state index contributed by atoms with van der Waals surface area (Å²) in [6.45, 7) is 14.2. The molecule has 0 fully saturated rings. The molecule has 1 aromatic carbocycles. The van der Waals surface area contributed by atoms with E-state index in [1.807, 2.05) is 0 Å². The van der Waals surface area contributed by atoms with Crippen molar-refractivity contribution in [3.63, 3.8) is 0 Å². The van der Waals surface area contributed by atoms with Crippen molar-refractivity contribution in [3.8, 4) is 11.3 Å². The molecule has 2 rings (SSSR count). The van der Waals surface area contributed by atoms with Gasteiger partial charge in [0.05, 0.1) is 8.07 Å². The van der Waals surface area contributed by atoms with Gasteiger partial charge in [0, 0.05) is 17.2 Å². The third-order valence-electron chi connectivity index (χ3n) is 4.85. The molecule has 0 aliphatic carbocycles. The molecule has 2 aromatic rings. The van der Waals surface area contributed by atoms with E-state index < -0.39 is 8.07 Å². The molecule has 1 atom stereocenters. The number of nitrogens with zero attached hydrogens (tertiary/aromatic N) is 1. The molecular weight excluding hydrogens is 294 g/mol. The number of rotatable bonds is 5. The van der Waals surface area contributed by atoms with Crippen LogP contribution in [0.15, 0.2) is 36.5 Å². The van der Waals surface area contributed by atoms with Gasteiger partial charge in [-0.25, -0.2) is 4.57 Å². The number of aromatic nitrogens is 1. The molecule has 1 nitrogen and oxygen atoms in total. The third-order valence-corrected chi connectivity index (χ3v) is 6.93. The molecule has 0 aliphatic heterocycles. The zero-order valence-corrected chi connectivity index (χ0v) is 16.9. The molecular formula is C21H32NSi+. The highest BCUT2D eigenvalue weighted by molar-refractivity contribution is 6.89. The maximum atomic E-state index is 2.48. The van der Waals surface area contributed by atoms with E-state index in [0.29, 0.717) is 0 Å². The van der Waals surface area contributed by atoms with Crippen LogP contribution in [0.4, 0.5) is 0 Å². The SMILES string of the molecule is CCC(C)Cc1c[n+](C)c(-c2ccccc2C)cc1[Si](C)(C)C. The van der Waals surface area contributed by atoms with Crippen LogP contribution in [0.2, 0.25) is 19.6 Å². The fourth-order valence-corrected chi connectivity index (χ4v) is 4.91. The second-order valence-electron chi connectivity index (χ2n) is 7.99. The molecule has 0 N–H and O–H groups in total. The Hall–Kier alpha value is -1.41. The topological polar surface area (TPSA) is 3.88 Å². The van der Waals surface area contributed by atoms with Gasteiger partial charge in [0.1, 0.15) is 7.05 Å². The van der Waals surface area contributed by atoms with Crippen LogP contribution in [-0.2, 0) is 13.5 Å². The molecule has 2 heteroatoms. The summed E-state index contributed by atoms with van der Waals surface area (Å²) in [5.74, 6) is 0.745. The first-order valence-electron chi connectivity index (χ1n) is 8.83. The van der Waals surface area contributed by atoms with Crippen LogP contribution in [-0.4, -0.2) is 8.07 Å². The lowest BCUT2D eigenvalue weighted by Crippen LogP contribution is -2.45. The van der Waals surface area contributed by atoms with Crippen molar-refractivity contribution in [2.24, 2.45) is 13.0 Å². The van der Waals surface area contributed by atoms with E-state index in [1.165, 1.54) is 29.7 Å². The average molecular weight is 327 g/mol. The maximum absolute atomic E-state index is 2.48. The van der Waals surface area contributed by atoms with E-state index in [-0.39, 0.29) is 0 Å². The van der Waals surface area contributed by atoms with Crippen LogP contribution < -0.4 is 9.75 Å². The predicted molar refractivity (Wildman–Crippen MR) is 104 cm³/mol. The van der Waals surface area contributed by atoms with Crippen LogP contribution in [0.25, 0.3) is 11.3 Å². The van der Waals surface area contributed by atoms with Gasteiger partial charge in [-0.3, -0.25) is 0 Å². The van der Waals surface area contributed by atoms with Gasteiger partial charge >= 0.3 is 0 Å². The van der Waals surface area contributed by atoms with Crippen molar-refractivity contribution in [1.29, 1.82) is 0 Å². The predicted octanol–water partition coefficient (Wildman–Crippen LogP) is 4.62. The smallest absolute Gasteiger partial charge is 0.201 e. The lowest BCUT2D eigenvalue weighted by atomic mass is 9.98. The summed E-state index contributed by atoms with van der Waals surface area (Å²) in [5.41, 5.74) is 5.59. The van der Waals surface area contributed by atoms with Crippen LogP contribution in [0, 0.1) is 12.8 Å². The fourth-order valence-electron chi connectivity index (χ4n) is 3.21. The summed E-state index contributed by atoms with van der Waals surface area (Å²) >= 11 is 0. The Morgan fingerprint density at radius 1 is 1.13 bits per heavy atom. The molecule has 0 saturated heterocycles. The van der Waals surface area contributed by atoms with Gasteiger partial charge in [-0.2, -0.15) is 0 Å². The van der Waals surface area contributed by atoms with Crippen molar-refractivity contribution in [3.05, 3.63) is 47.7 Å². The van der Waals surface area contributed by atoms with Gasteiger partial charge < -0.3 is 0 Å². The van der Waals surface area contributed by atoms with Gasteiger partial charge in [-0.15, -0.1) is 0 Å². The average Bonchev–Trinajstić information content (AvgIpc) is 2.47. The first-order valence-corrected chi connectivity index (χ1v) is 12.3. The van der Waals surface area contributed by atoms with Gasteiger partial charge in [-0.1, -0.05) is 58.1 Å². The van der Waals surface area contributed by atoms with E-state index in [0.717, 1.165) is 5.92 Å². The lowest BCUT2D eigenvalue weighted by Gasteiger charge is -2.22. The zero-order valence-electron chi connectivity index (χ0n) is 15.9. The van der Waals surface area contributed by atoms with Crippen LogP contribution in [0.3, 0.4) is 0 Å². The Morgan fingerprint density at radius 2 is 1.78 bits per heavy atom. The molecule has 1 unspecified atom stereocenters. The van der Waals surface area contributed by atoms with Crippen molar-refractivity contribution in [2.75, 3.05) is 0 Å². The molecule has 0 amide bonds. The van der Waals surface area contributed by atoms with Gasteiger partial charge in [-0.05, 0) is 36.1 Å². The number of benzene rings is 1. The standard InChI is InChI=1S/C21H32NSi/c1-8-16(2)13-18-15-22(4)20(14-21(18)23(5,6)7)19-12-10-9-11-17(19)3/h9-12,14-16H,8,13H2,1-7H3/q+1. The molecule has 0 saturated carbocycles. The third kappa shape index (κ3) is 4.11. The Labute approximate surface area is 143 Å². The van der Waals surface area contributed by atoms with E-state index in [4.69, 9.17) is 0 Å². The Balaban J connectivity index is 2.62. The number of hydrogen-bond donors (Lipinski definition) is 0. The van der Waals surface area contributed by atoms with Crippen molar-refractivity contribution < 1.29 is 4.57 Å². The summed E-state index contributed by atoms with van der Waals surface area (Å²) in [4.78, 5) is 0. The number of aryl methyl sites for hydroxylation is 2. The Kier molecular flexibility index (Phi) is 5.46. The molecule has 124 valence electrons. The molecule has 0 spiro atoms. The number of hydrogen-bond acceptors (Lipinski definition) is 0. The highest BCUT2D eigenvalue weighted by Gasteiger charge is 2.26. The van der Waals surface area contributed by atoms with Crippen molar-refractivity contribution in [2.45, 2.75) is 53.3 Å². The Morgan fingerprint density at radius 3 is 2.35 bits per heavy atom. The van der Waals surface area contributed by atoms with Gasteiger partial charge in [0.25, 0.3) is 0 Å². The fraction of sp³-hybridized carbons (Fsp3) is 0.476. The van der Waals surface area contributed by atoms with Crippen molar-refractivity contribution >= 4 is 13.3 Å². The zero-order chi connectivity index (χ0) is 17.2. The summed E-state index contributed by atoms with van der Waals surface area (Å²) in [5, 5.41) is 1.62. The van der Waals surface area contributed by atoms with Crippen LogP contribution >= 0.6 is 0 Å². The minimum absolute atomic E-state index is 0.745. The summed E-state index contributed by atoms with van der Waals surface area (Å²) in [7, 11) is 0.815. The minimum Gasteiger partial charge on any atom is -0.201 e. The summed E-state index contributed by atoms with van der Waals surface area (Å²) < 4.78 is 2.32. The Bertz CT molecular complexity index is 683. The van der Waals surface area contributed by atoms with Crippen LogP contribution in [0.5, 0.6) is 0 Å². The first kappa shape index (κ1) is 17.9. The quantitative estimate of drug-likeness (QED) is 0.557. The van der Waals surface area contributed by atoms with E-state index in [2.05, 4.69) is 88.6 Å². The summed E-state index contributed by atoms with van der Waals surface area (Å²) in [6.07, 6.45) is 4.83. The second-order valence-corrected chi connectivity index (χ2v) is 13.0. The lowest BCUT2D eigenvalue weighted by molar-refractivity contribution is -0.660. The van der Waals surface area contributed by atoms with E-state index in [9.17, 15) is 0 Å². The minimum atomic E-state index is -1.38. The van der Waals surface area contributed by atoms with E-state index in [1.54, 1.807) is 10.8 Å². The molecule has 23 heavy (non-hydrogen) atoms. The molecule has 0 bridgehead atoms. The molecule has 1 heterocycles. The highest BCUT2D eigenvalue weighted by Crippen LogP contribution is 2.21. The van der Waals surface area contributed by atoms with Gasteiger partial charge in [0.2, 0.25) is 5.69 Å². The normalized spacial score (nSPS) is 13.2. The largest absolute Gasteiger partial charge is 0.212 e. The number of pyridine rings is 1. The molecule has 1 aromatic heterocycles. The van der Waals surface area contributed by atoms with Crippen molar-refractivity contribution in [1.82, 2.24) is 0 Å². The van der Waals surface area contributed by atoms with Crippen LogP contribution in [0.1, 0.15) is 31.4 Å². The highest BCUT2D eigenvalue weighted by atomic mass is 28.3. The monoisotopic (exact) mass is 326 g/mol. The van der Waals surface area contributed by atoms with Gasteiger partial charge in [0.15, 0.2) is 6.20 Å². The molecule has 0 radical (unpaired) electrons. The summed E-state index contributed by atoms with van der Waals surface area (Å²) in [6, 6.07) is 11.2.